The first kappa shape index (κ1) is 30.2. The second-order valence-electron chi connectivity index (χ2n) is 7.84. The van der Waals surface area contributed by atoms with Crippen LogP contribution < -0.4 is 21.6 Å². The Morgan fingerprint density at radius 3 is 2.49 bits per heavy atom. The van der Waals surface area contributed by atoms with Gasteiger partial charge in [-0.3, -0.25) is 9.78 Å². The number of oxime groups is 1. The molecule has 0 radical (unpaired) electrons. The summed E-state index contributed by atoms with van der Waals surface area (Å²) in [5.74, 6) is 3.80. The van der Waals surface area contributed by atoms with Gasteiger partial charge in [0, 0.05) is 32.8 Å². The van der Waals surface area contributed by atoms with Crippen LogP contribution in [-0.4, -0.2) is 57.9 Å². The summed E-state index contributed by atoms with van der Waals surface area (Å²) in [5.41, 5.74) is 0.0954. The summed E-state index contributed by atoms with van der Waals surface area (Å²) >= 11 is 0. The van der Waals surface area contributed by atoms with Crippen LogP contribution in [0.3, 0.4) is 0 Å². The molecule has 1 atom stereocenters. The molecule has 1 rings (SSSR count). The first-order valence-corrected chi connectivity index (χ1v) is 10.3. The van der Waals surface area contributed by atoms with E-state index in [9.17, 15) is 22.4 Å². The number of alkyl carbamates (subject to hydrolysis) is 1. The van der Waals surface area contributed by atoms with E-state index in [0.29, 0.717) is 12.1 Å². The van der Waals surface area contributed by atoms with E-state index >= 15 is 0 Å². The number of nitrogens with zero attached hydrogens (tertiary/aromatic N) is 2. The molecule has 4 N–H and O–H groups in total. The fourth-order valence-electron chi connectivity index (χ4n) is 2.61. The molecule has 15 heteroatoms. The zero-order valence-corrected chi connectivity index (χ0v) is 20.1. The molecule has 0 aromatic heterocycles. The van der Waals surface area contributed by atoms with Gasteiger partial charge in [-0.15, -0.1) is 5.48 Å². The van der Waals surface area contributed by atoms with Crippen molar-refractivity contribution >= 4 is 17.7 Å². The Hall–Kier alpha value is -2.88. The number of benzene rings is 1. The van der Waals surface area contributed by atoms with Crippen molar-refractivity contribution in [2.24, 2.45) is 11.1 Å². The fraction of sp³-hybridized carbons (Fsp3) is 0.600. The molecule has 0 bridgehead atoms. The maximum Gasteiger partial charge on any atom is 0.419 e. The minimum absolute atomic E-state index is 0.0142. The lowest BCUT2D eigenvalue weighted by molar-refractivity contribution is -0.140. The predicted molar refractivity (Wildman–Crippen MR) is 117 cm³/mol. The summed E-state index contributed by atoms with van der Waals surface area (Å²) in [6.07, 6.45) is -6.91. The highest BCUT2D eigenvalue weighted by Crippen LogP contribution is 2.34. The van der Waals surface area contributed by atoms with E-state index in [-0.39, 0.29) is 37.7 Å². The number of alkyl halides is 3. The summed E-state index contributed by atoms with van der Waals surface area (Å²) in [5, 5.41) is 6.22. The minimum Gasteiger partial charge on any atom is -0.477 e. The van der Waals surface area contributed by atoms with Crippen LogP contribution in [-0.2, 0) is 30.2 Å². The van der Waals surface area contributed by atoms with Crippen LogP contribution in [0.5, 0.6) is 0 Å². The average Bonchev–Trinajstić information content (AvgIpc) is 2.75. The number of rotatable bonds is 12. The number of ether oxygens (including phenoxy) is 3. The SMILES string of the molecule is CNO/N=C(\CCN(c1ccc(F)c(C(F)(F)F)c1)[C@H](OC)ON)OCCNC(=O)OC(C)(C)C. The van der Waals surface area contributed by atoms with Gasteiger partial charge in [-0.25, -0.2) is 15.1 Å². The lowest BCUT2D eigenvalue weighted by atomic mass is 10.1. The van der Waals surface area contributed by atoms with E-state index in [1.54, 1.807) is 20.8 Å². The van der Waals surface area contributed by atoms with E-state index in [4.69, 9.17) is 29.9 Å². The number of nitrogens with two attached hydrogens (primary N) is 1. The van der Waals surface area contributed by atoms with Gasteiger partial charge in [0.1, 0.15) is 18.0 Å². The number of hydrogen-bond acceptors (Lipinski definition) is 10. The molecule has 1 amide bonds. The van der Waals surface area contributed by atoms with Gasteiger partial charge in [0.25, 0.3) is 6.41 Å². The molecule has 35 heavy (non-hydrogen) atoms. The van der Waals surface area contributed by atoms with Gasteiger partial charge < -0.3 is 24.4 Å². The van der Waals surface area contributed by atoms with Crippen LogP contribution >= 0.6 is 0 Å². The Balaban J connectivity index is 2.93. The van der Waals surface area contributed by atoms with Crippen LogP contribution in [0.15, 0.2) is 23.4 Å². The maximum atomic E-state index is 13.7. The standard InChI is InChI=1S/C20H31F4N5O6/c1-19(2,3)33-17(30)27-9-11-32-16(28-35-26-4)8-10-29(18(31-5)34-25)13-6-7-15(21)14(12-13)20(22,23)24/h6-7,12,18,26H,8-11,25H2,1-5H3,(H,27,30)/b28-16+/t18-/m1/s1. The fourth-order valence-corrected chi connectivity index (χ4v) is 2.61. The highest BCUT2D eigenvalue weighted by Gasteiger charge is 2.35. The molecule has 1 aromatic carbocycles. The first-order valence-electron chi connectivity index (χ1n) is 10.3. The number of amides is 1. The van der Waals surface area contributed by atoms with E-state index in [1.165, 1.54) is 19.1 Å². The molecular formula is C20H31F4N5O6. The number of carbonyl (C=O) groups is 1. The van der Waals surface area contributed by atoms with Gasteiger partial charge in [-0.05, 0) is 44.1 Å². The van der Waals surface area contributed by atoms with Crippen LogP contribution in [0.2, 0.25) is 0 Å². The highest BCUT2D eigenvalue weighted by molar-refractivity contribution is 5.76. The van der Waals surface area contributed by atoms with Crippen molar-refractivity contribution in [1.82, 2.24) is 10.8 Å². The number of hydrogen-bond donors (Lipinski definition) is 3. The third-order valence-corrected chi connectivity index (χ3v) is 4.00. The van der Waals surface area contributed by atoms with Crippen LogP contribution in [0.1, 0.15) is 32.8 Å². The molecule has 0 heterocycles. The smallest absolute Gasteiger partial charge is 0.419 e. The maximum absolute atomic E-state index is 13.7. The molecule has 200 valence electrons. The summed E-state index contributed by atoms with van der Waals surface area (Å²) in [7, 11) is 2.66. The third kappa shape index (κ3) is 10.9. The zero-order chi connectivity index (χ0) is 26.6. The Morgan fingerprint density at radius 1 is 1.26 bits per heavy atom. The van der Waals surface area contributed by atoms with Crippen molar-refractivity contribution in [3.63, 3.8) is 0 Å². The zero-order valence-electron chi connectivity index (χ0n) is 20.1. The van der Waals surface area contributed by atoms with Crippen molar-refractivity contribution < 1.29 is 46.3 Å². The Morgan fingerprint density at radius 2 is 1.94 bits per heavy atom. The van der Waals surface area contributed by atoms with Gasteiger partial charge in [0.15, 0.2) is 0 Å². The molecule has 11 nitrogen and oxygen atoms in total. The number of methoxy groups -OCH3 is 1. The van der Waals surface area contributed by atoms with Gasteiger partial charge >= 0.3 is 12.3 Å². The quantitative estimate of drug-likeness (QED) is 0.0965. The molecule has 0 fully saturated rings. The number of anilines is 1. The monoisotopic (exact) mass is 513 g/mol. The second-order valence-corrected chi connectivity index (χ2v) is 7.84. The first-order chi connectivity index (χ1) is 16.3. The Labute approximate surface area is 200 Å². The number of carbonyl (C=O) groups excluding carboxylic acids is 1. The topological polar surface area (TPSA) is 129 Å². The lowest BCUT2D eigenvalue weighted by Gasteiger charge is -2.31. The number of halogens is 4. The van der Waals surface area contributed by atoms with Crippen molar-refractivity contribution in [1.29, 1.82) is 0 Å². The summed E-state index contributed by atoms with van der Waals surface area (Å²) in [4.78, 5) is 22.4. The molecule has 0 saturated carbocycles. The molecule has 0 aliphatic carbocycles. The number of hydroxylamine groups is 1. The molecule has 0 spiro atoms. The van der Waals surface area contributed by atoms with E-state index in [0.717, 1.165) is 6.07 Å². The van der Waals surface area contributed by atoms with Crippen molar-refractivity contribution in [3.05, 3.63) is 29.6 Å². The van der Waals surface area contributed by atoms with Crippen LogP contribution in [0.25, 0.3) is 0 Å². The van der Waals surface area contributed by atoms with Gasteiger partial charge in [-0.2, -0.15) is 13.2 Å². The largest absolute Gasteiger partial charge is 0.477 e. The molecule has 1 aromatic rings. The summed E-state index contributed by atoms with van der Waals surface area (Å²) in [6.45, 7) is 5.09. The second kappa shape index (κ2) is 13.9. The third-order valence-electron chi connectivity index (χ3n) is 4.00. The molecule has 0 aliphatic heterocycles. The number of nitrogens with one attached hydrogen (secondary N) is 2. The van der Waals surface area contributed by atoms with Gasteiger partial charge in [0.2, 0.25) is 5.90 Å². The van der Waals surface area contributed by atoms with Crippen LogP contribution in [0.4, 0.5) is 28.0 Å². The normalized spacial score (nSPS) is 13.3. The van der Waals surface area contributed by atoms with Crippen molar-refractivity contribution in [2.45, 2.75) is 45.4 Å². The van der Waals surface area contributed by atoms with E-state index in [2.05, 4.69) is 16.0 Å². The summed E-state index contributed by atoms with van der Waals surface area (Å²) in [6, 6.07) is 2.39. The van der Waals surface area contributed by atoms with E-state index < -0.39 is 35.7 Å². The van der Waals surface area contributed by atoms with Gasteiger partial charge in [0.05, 0.1) is 12.1 Å². The van der Waals surface area contributed by atoms with E-state index in [1.807, 2.05) is 0 Å². The van der Waals surface area contributed by atoms with Gasteiger partial charge in [-0.1, -0.05) is 0 Å². The predicted octanol–water partition coefficient (Wildman–Crippen LogP) is 2.87. The van der Waals surface area contributed by atoms with Crippen LogP contribution in [0, 0.1) is 5.82 Å². The Kier molecular flexibility index (Phi) is 11.9. The minimum atomic E-state index is -4.92. The molecule has 0 saturated heterocycles. The summed E-state index contributed by atoms with van der Waals surface area (Å²) < 4.78 is 69.0. The molecule has 0 aliphatic rings. The highest BCUT2D eigenvalue weighted by atomic mass is 19.4. The lowest BCUT2D eigenvalue weighted by Crippen LogP contribution is -2.42. The van der Waals surface area contributed by atoms with Crippen molar-refractivity contribution in [2.75, 3.05) is 38.8 Å². The molecule has 0 unspecified atom stereocenters. The molecular weight excluding hydrogens is 482 g/mol. The van der Waals surface area contributed by atoms with Crippen molar-refractivity contribution in [3.8, 4) is 0 Å². The average molecular weight is 513 g/mol. The Bertz CT molecular complexity index is 831.